The maximum absolute atomic E-state index is 11.5. The predicted octanol–water partition coefficient (Wildman–Crippen LogP) is 1.04. The lowest BCUT2D eigenvalue weighted by atomic mass is 9.78. The van der Waals surface area contributed by atoms with Crippen molar-refractivity contribution >= 4 is 5.91 Å². The lowest BCUT2D eigenvalue weighted by molar-refractivity contribution is -0.116. The molecule has 3 N–H and O–H groups in total. The summed E-state index contributed by atoms with van der Waals surface area (Å²) in [5.41, 5.74) is 6.65. The summed E-state index contributed by atoms with van der Waals surface area (Å²) in [5.74, 6) is 5.12. The highest BCUT2D eigenvalue weighted by Crippen LogP contribution is 2.27. The summed E-state index contributed by atoms with van der Waals surface area (Å²) in [4.78, 5) is 11.5. The summed E-state index contributed by atoms with van der Waals surface area (Å²) in [7, 11) is 0. The van der Waals surface area contributed by atoms with Crippen molar-refractivity contribution in [3.05, 3.63) is 35.9 Å². The summed E-state index contributed by atoms with van der Waals surface area (Å²) in [5, 5.41) is 2.76. The van der Waals surface area contributed by atoms with Crippen molar-refractivity contribution in [3.8, 4) is 11.8 Å². The fourth-order valence-electron chi connectivity index (χ4n) is 1.76. The Morgan fingerprint density at radius 3 is 2.65 bits per heavy atom. The zero-order valence-corrected chi connectivity index (χ0v) is 9.70. The molecule has 1 amide bonds. The van der Waals surface area contributed by atoms with Crippen LogP contribution >= 0.6 is 0 Å². The van der Waals surface area contributed by atoms with E-state index >= 15 is 0 Å². The van der Waals surface area contributed by atoms with Crippen molar-refractivity contribution in [3.63, 3.8) is 0 Å². The van der Waals surface area contributed by atoms with E-state index in [0.29, 0.717) is 6.54 Å². The summed E-state index contributed by atoms with van der Waals surface area (Å²) in [6, 6.07) is 9.45. The van der Waals surface area contributed by atoms with Crippen LogP contribution in [0.25, 0.3) is 0 Å². The number of amides is 1. The van der Waals surface area contributed by atoms with Gasteiger partial charge in [-0.05, 0) is 31.4 Å². The molecule has 1 saturated carbocycles. The van der Waals surface area contributed by atoms with Crippen LogP contribution in [0.5, 0.6) is 0 Å². The molecule has 0 saturated heterocycles. The van der Waals surface area contributed by atoms with Crippen LogP contribution < -0.4 is 11.1 Å². The normalized spacial score (nSPS) is 16.3. The highest BCUT2D eigenvalue weighted by atomic mass is 16.1. The van der Waals surface area contributed by atoms with Crippen LogP contribution in [0.3, 0.4) is 0 Å². The van der Waals surface area contributed by atoms with E-state index in [4.69, 9.17) is 5.73 Å². The molecular weight excluding hydrogens is 212 g/mol. The molecule has 1 fully saturated rings. The number of rotatable bonds is 2. The van der Waals surface area contributed by atoms with Gasteiger partial charge in [0.1, 0.15) is 0 Å². The van der Waals surface area contributed by atoms with E-state index in [2.05, 4.69) is 17.2 Å². The molecule has 0 unspecified atom stereocenters. The van der Waals surface area contributed by atoms with Crippen LogP contribution in [-0.2, 0) is 4.79 Å². The zero-order valence-electron chi connectivity index (χ0n) is 9.70. The molecule has 1 aliphatic carbocycles. The van der Waals surface area contributed by atoms with Gasteiger partial charge in [0.25, 0.3) is 5.91 Å². The molecule has 3 heteroatoms. The fraction of sp³-hybridized carbons (Fsp3) is 0.357. The third-order valence-corrected chi connectivity index (χ3v) is 3.04. The highest BCUT2D eigenvalue weighted by molar-refractivity contribution is 5.94. The lowest BCUT2D eigenvalue weighted by Crippen LogP contribution is -2.54. The van der Waals surface area contributed by atoms with E-state index in [1.54, 1.807) is 0 Å². The Morgan fingerprint density at radius 2 is 2.06 bits per heavy atom. The third-order valence-electron chi connectivity index (χ3n) is 3.04. The number of carbonyl (C=O) groups excluding carboxylic acids is 1. The molecule has 0 atom stereocenters. The van der Waals surface area contributed by atoms with E-state index in [9.17, 15) is 4.79 Å². The second-order valence-electron chi connectivity index (χ2n) is 4.51. The van der Waals surface area contributed by atoms with Gasteiger partial charge < -0.3 is 11.1 Å². The van der Waals surface area contributed by atoms with E-state index < -0.39 is 0 Å². The monoisotopic (exact) mass is 228 g/mol. The maximum Gasteiger partial charge on any atom is 0.296 e. The molecule has 17 heavy (non-hydrogen) atoms. The molecule has 0 spiro atoms. The molecule has 1 aliphatic rings. The molecule has 0 heterocycles. The Morgan fingerprint density at radius 1 is 1.35 bits per heavy atom. The SMILES string of the molecule is NC1(CNC(=O)C#Cc2ccccc2)CCC1. The second kappa shape index (κ2) is 5.03. The Hall–Kier alpha value is -1.79. The minimum absolute atomic E-state index is 0.190. The van der Waals surface area contributed by atoms with E-state index in [-0.39, 0.29) is 11.4 Å². The predicted molar refractivity (Wildman–Crippen MR) is 67.1 cm³/mol. The van der Waals surface area contributed by atoms with Crippen molar-refractivity contribution in [1.82, 2.24) is 5.32 Å². The first kappa shape index (κ1) is 11.7. The molecule has 88 valence electrons. The fourth-order valence-corrected chi connectivity index (χ4v) is 1.76. The van der Waals surface area contributed by atoms with Crippen LogP contribution in [0.2, 0.25) is 0 Å². The minimum atomic E-state index is -0.259. The van der Waals surface area contributed by atoms with Gasteiger partial charge in [-0.2, -0.15) is 0 Å². The molecule has 0 bridgehead atoms. The van der Waals surface area contributed by atoms with Crippen molar-refractivity contribution < 1.29 is 4.79 Å². The summed E-state index contributed by atoms with van der Waals surface area (Å²) < 4.78 is 0. The van der Waals surface area contributed by atoms with Crippen molar-refractivity contribution in [2.75, 3.05) is 6.54 Å². The number of carbonyl (C=O) groups is 1. The van der Waals surface area contributed by atoms with Gasteiger partial charge >= 0.3 is 0 Å². The molecule has 1 aromatic rings. The van der Waals surface area contributed by atoms with E-state index in [0.717, 1.165) is 24.8 Å². The van der Waals surface area contributed by atoms with Crippen LogP contribution in [0.1, 0.15) is 24.8 Å². The number of nitrogens with two attached hydrogens (primary N) is 1. The average molecular weight is 228 g/mol. The average Bonchev–Trinajstić information content (AvgIpc) is 2.33. The molecular formula is C14H16N2O. The van der Waals surface area contributed by atoms with Crippen molar-refractivity contribution in [1.29, 1.82) is 0 Å². The van der Waals surface area contributed by atoms with Crippen LogP contribution in [0, 0.1) is 11.8 Å². The third kappa shape index (κ3) is 3.33. The molecule has 2 rings (SSSR count). The first-order chi connectivity index (χ1) is 8.18. The largest absolute Gasteiger partial charge is 0.343 e. The van der Waals surface area contributed by atoms with Gasteiger partial charge in [-0.1, -0.05) is 24.1 Å². The van der Waals surface area contributed by atoms with Gasteiger partial charge in [0.15, 0.2) is 0 Å². The molecule has 3 nitrogen and oxygen atoms in total. The lowest BCUT2D eigenvalue weighted by Gasteiger charge is -2.37. The Labute approximate surface area is 101 Å². The van der Waals surface area contributed by atoms with Gasteiger partial charge in [-0.15, -0.1) is 0 Å². The summed E-state index contributed by atoms with van der Waals surface area (Å²) in [6.07, 6.45) is 3.13. The van der Waals surface area contributed by atoms with Crippen LogP contribution in [0.15, 0.2) is 30.3 Å². The van der Waals surface area contributed by atoms with Crippen molar-refractivity contribution in [2.24, 2.45) is 5.73 Å². The first-order valence-electron chi connectivity index (χ1n) is 5.82. The number of hydrogen-bond acceptors (Lipinski definition) is 2. The molecule has 0 aliphatic heterocycles. The van der Waals surface area contributed by atoms with Crippen LogP contribution in [-0.4, -0.2) is 18.0 Å². The van der Waals surface area contributed by atoms with Crippen LogP contribution in [0.4, 0.5) is 0 Å². The molecule has 1 aromatic carbocycles. The van der Waals surface area contributed by atoms with E-state index in [1.165, 1.54) is 0 Å². The van der Waals surface area contributed by atoms with Gasteiger partial charge in [0.05, 0.1) is 0 Å². The number of benzene rings is 1. The van der Waals surface area contributed by atoms with Gasteiger partial charge in [-0.3, -0.25) is 4.79 Å². The van der Waals surface area contributed by atoms with Gasteiger partial charge in [-0.25, -0.2) is 0 Å². The second-order valence-corrected chi connectivity index (χ2v) is 4.51. The Bertz CT molecular complexity index is 452. The van der Waals surface area contributed by atoms with E-state index in [1.807, 2.05) is 30.3 Å². The Kier molecular flexibility index (Phi) is 3.46. The number of hydrogen-bond donors (Lipinski definition) is 2. The standard InChI is InChI=1S/C14H16N2O/c15-14(9-4-10-14)11-16-13(17)8-7-12-5-2-1-3-6-12/h1-3,5-6H,4,9-11,15H2,(H,16,17). The minimum Gasteiger partial charge on any atom is -0.343 e. The molecule has 0 aromatic heterocycles. The number of nitrogens with one attached hydrogen (secondary N) is 1. The summed E-state index contributed by atoms with van der Waals surface area (Å²) in [6.45, 7) is 0.523. The molecule has 0 radical (unpaired) electrons. The summed E-state index contributed by atoms with van der Waals surface area (Å²) >= 11 is 0. The highest BCUT2D eigenvalue weighted by Gasteiger charge is 2.32. The van der Waals surface area contributed by atoms with Crippen molar-refractivity contribution in [2.45, 2.75) is 24.8 Å². The van der Waals surface area contributed by atoms with Gasteiger partial charge in [0.2, 0.25) is 0 Å². The maximum atomic E-state index is 11.5. The first-order valence-corrected chi connectivity index (χ1v) is 5.82. The quantitative estimate of drug-likeness (QED) is 0.743. The topological polar surface area (TPSA) is 55.1 Å². The van der Waals surface area contributed by atoms with Gasteiger partial charge in [0, 0.05) is 23.6 Å². The zero-order chi connectivity index (χ0) is 12.1. The smallest absolute Gasteiger partial charge is 0.296 e. The Balaban J connectivity index is 1.83.